The SMILES string of the molecule is COc1ccc(Cl)c(NC(=O)c2cc(-c3ccc(F)cc3)oc2C)c1. The van der Waals surface area contributed by atoms with Crippen LogP contribution in [-0.4, -0.2) is 13.0 Å². The summed E-state index contributed by atoms with van der Waals surface area (Å²) in [6.45, 7) is 1.69. The molecule has 1 heterocycles. The lowest BCUT2D eigenvalue weighted by atomic mass is 10.1. The van der Waals surface area contributed by atoms with Crippen LogP contribution in [0.25, 0.3) is 11.3 Å². The molecular formula is C19H15ClFNO3. The highest BCUT2D eigenvalue weighted by Gasteiger charge is 2.17. The van der Waals surface area contributed by atoms with Crippen LogP contribution in [0.2, 0.25) is 5.02 Å². The van der Waals surface area contributed by atoms with E-state index in [2.05, 4.69) is 5.32 Å². The minimum absolute atomic E-state index is 0.335. The summed E-state index contributed by atoms with van der Waals surface area (Å²) >= 11 is 6.11. The first-order chi connectivity index (χ1) is 12.0. The van der Waals surface area contributed by atoms with Gasteiger partial charge in [-0.05, 0) is 49.4 Å². The zero-order valence-corrected chi connectivity index (χ0v) is 14.4. The zero-order chi connectivity index (χ0) is 18.0. The van der Waals surface area contributed by atoms with E-state index in [1.54, 1.807) is 43.3 Å². The molecular weight excluding hydrogens is 345 g/mol. The van der Waals surface area contributed by atoms with Gasteiger partial charge in [-0.25, -0.2) is 4.39 Å². The molecule has 0 saturated heterocycles. The largest absolute Gasteiger partial charge is 0.497 e. The average molecular weight is 360 g/mol. The average Bonchev–Trinajstić information content (AvgIpc) is 2.99. The molecule has 6 heteroatoms. The molecule has 2 aromatic carbocycles. The minimum Gasteiger partial charge on any atom is -0.497 e. The number of halogens is 2. The van der Waals surface area contributed by atoms with Crippen LogP contribution in [0.5, 0.6) is 5.75 Å². The van der Waals surface area contributed by atoms with Gasteiger partial charge in [0.2, 0.25) is 0 Å². The first kappa shape index (κ1) is 17.0. The lowest BCUT2D eigenvalue weighted by Gasteiger charge is -2.08. The fourth-order valence-corrected chi connectivity index (χ4v) is 2.55. The van der Waals surface area contributed by atoms with Crippen molar-refractivity contribution in [3.8, 4) is 17.1 Å². The molecule has 0 aliphatic heterocycles. The minimum atomic E-state index is -0.357. The normalized spacial score (nSPS) is 10.6. The summed E-state index contributed by atoms with van der Waals surface area (Å²) < 4.78 is 23.8. The molecule has 1 N–H and O–H groups in total. The summed E-state index contributed by atoms with van der Waals surface area (Å²) in [6.07, 6.45) is 0. The van der Waals surface area contributed by atoms with E-state index < -0.39 is 0 Å². The molecule has 0 spiro atoms. The van der Waals surface area contributed by atoms with Gasteiger partial charge in [-0.3, -0.25) is 4.79 Å². The molecule has 128 valence electrons. The van der Waals surface area contributed by atoms with Crippen molar-refractivity contribution in [2.24, 2.45) is 0 Å². The van der Waals surface area contributed by atoms with E-state index in [0.717, 1.165) is 0 Å². The number of aryl methyl sites for hydroxylation is 1. The van der Waals surface area contributed by atoms with Gasteiger partial charge in [0.15, 0.2) is 0 Å². The maximum Gasteiger partial charge on any atom is 0.259 e. The first-order valence-corrected chi connectivity index (χ1v) is 7.87. The Kier molecular flexibility index (Phi) is 4.76. The second-order valence-corrected chi connectivity index (χ2v) is 5.79. The topological polar surface area (TPSA) is 51.5 Å². The summed E-state index contributed by atoms with van der Waals surface area (Å²) in [5.41, 5.74) is 1.50. The molecule has 0 unspecified atom stereocenters. The molecule has 0 saturated carbocycles. The van der Waals surface area contributed by atoms with Crippen molar-refractivity contribution in [3.05, 3.63) is 70.7 Å². The van der Waals surface area contributed by atoms with Gasteiger partial charge >= 0.3 is 0 Å². The van der Waals surface area contributed by atoms with Gasteiger partial charge in [-0.1, -0.05) is 11.6 Å². The Morgan fingerprint density at radius 3 is 2.56 bits per heavy atom. The lowest BCUT2D eigenvalue weighted by Crippen LogP contribution is -2.12. The Labute approximate surface area is 149 Å². The van der Waals surface area contributed by atoms with E-state index in [9.17, 15) is 9.18 Å². The van der Waals surface area contributed by atoms with Gasteiger partial charge in [-0.2, -0.15) is 0 Å². The number of hydrogen-bond donors (Lipinski definition) is 1. The summed E-state index contributed by atoms with van der Waals surface area (Å²) in [7, 11) is 1.53. The van der Waals surface area contributed by atoms with Crippen molar-refractivity contribution < 1.29 is 18.3 Å². The van der Waals surface area contributed by atoms with Crippen LogP contribution in [0.3, 0.4) is 0 Å². The van der Waals surface area contributed by atoms with Crippen LogP contribution in [0.15, 0.2) is 52.9 Å². The summed E-state index contributed by atoms with van der Waals surface area (Å²) in [6, 6.07) is 12.5. The third-order valence-electron chi connectivity index (χ3n) is 3.71. The molecule has 3 aromatic rings. The molecule has 25 heavy (non-hydrogen) atoms. The number of benzene rings is 2. The summed E-state index contributed by atoms with van der Waals surface area (Å²) in [4.78, 5) is 12.6. The molecule has 0 bridgehead atoms. The van der Waals surface area contributed by atoms with Crippen molar-refractivity contribution in [2.75, 3.05) is 12.4 Å². The van der Waals surface area contributed by atoms with Gasteiger partial charge in [-0.15, -0.1) is 0 Å². The van der Waals surface area contributed by atoms with Crippen molar-refractivity contribution >= 4 is 23.2 Å². The Hall–Kier alpha value is -2.79. The van der Waals surface area contributed by atoms with Crippen molar-refractivity contribution in [1.29, 1.82) is 0 Å². The van der Waals surface area contributed by atoms with Gasteiger partial charge in [0.25, 0.3) is 5.91 Å². The van der Waals surface area contributed by atoms with Crippen molar-refractivity contribution in [2.45, 2.75) is 6.92 Å². The highest BCUT2D eigenvalue weighted by molar-refractivity contribution is 6.34. The van der Waals surface area contributed by atoms with E-state index in [-0.39, 0.29) is 11.7 Å². The van der Waals surface area contributed by atoms with Crippen LogP contribution < -0.4 is 10.1 Å². The number of ether oxygens (including phenoxy) is 1. The van der Waals surface area contributed by atoms with Crippen LogP contribution in [0.4, 0.5) is 10.1 Å². The van der Waals surface area contributed by atoms with Crippen LogP contribution >= 0.6 is 11.6 Å². The molecule has 3 rings (SSSR count). The second-order valence-electron chi connectivity index (χ2n) is 5.39. The molecule has 0 fully saturated rings. The van der Waals surface area contributed by atoms with Crippen molar-refractivity contribution in [1.82, 2.24) is 0 Å². The Morgan fingerprint density at radius 1 is 1.16 bits per heavy atom. The molecule has 4 nitrogen and oxygen atoms in total. The number of nitrogens with one attached hydrogen (secondary N) is 1. The number of carbonyl (C=O) groups is 1. The maximum atomic E-state index is 13.0. The number of furan rings is 1. The van der Waals surface area contributed by atoms with E-state index in [1.165, 1.54) is 19.2 Å². The second kappa shape index (κ2) is 6.99. The molecule has 1 aromatic heterocycles. The molecule has 0 radical (unpaired) electrons. The Bertz CT molecular complexity index is 919. The third kappa shape index (κ3) is 3.67. The van der Waals surface area contributed by atoms with Crippen molar-refractivity contribution in [3.63, 3.8) is 0 Å². The van der Waals surface area contributed by atoms with E-state index in [0.29, 0.717) is 39.1 Å². The molecule has 0 aliphatic rings. The maximum absolute atomic E-state index is 13.0. The van der Waals surface area contributed by atoms with Gasteiger partial charge < -0.3 is 14.5 Å². The Morgan fingerprint density at radius 2 is 1.88 bits per heavy atom. The van der Waals surface area contributed by atoms with E-state index in [1.807, 2.05) is 0 Å². The predicted molar refractivity (Wildman–Crippen MR) is 94.8 cm³/mol. The number of hydrogen-bond acceptors (Lipinski definition) is 3. The molecule has 0 atom stereocenters. The Balaban J connectivity index is 1.87. The molecule has 1 amide bonds. The highest BCUT2D eigenvalue weighted by atomic mass is 35.5. The summed E-state index contributed by atoms with van der Waals surface area (Å²) in [5, 5.41) is 3.14. The standard InChI is InChI=1S/C19H15ClFNO3/c1-11-15(10-18(25-11)12-3-5-13(21)6-4-12)19(23)22-17-9-14(24-2)7-8-16(17)20/h3-10H,1-2H3,(H,22,23). The monoisotopic (exact) mass is 359 g/mol. The summed E-state index contributed by atoms with van der Waals surface area (Å²) in [5.74, 6) is 0.827. The number of anilines is 1. The smallest absolute Gasteiger partial charge is 0.259 e. The zero-order valence-electron chi connectivity index (χ0n) is 13.6. The number of amides is 1. The number of rotatable bonds is 4. The molecule has 0 aliphatic carbocycles. The van der Waals surface area contributed by atoms with Gasteiger partial charge in [0.1, 0.15) is 23.1 Å². The quantitative estimate of drug-likeness (QED) is 0.687. The highest BCUT2D eigenvalue weighted by Crippen LogP contribution is 2.29. The lowest BCUT2D eigenvalue weighted by molar-refractivity contribution is 0.102. The van der Waals surface area contributed by atoms with Crippen LogP contribution in [-0.2, 0) is 0 Å². The predicted octanol–water partition coefficient (Wildman–Crippen LogP) is 5.31. The fourth-order valence-electron chi connectivity index (χ4n) is 2.38. The van der Waals surface area contributed by atoms with Gasteiger partial charge in [0.05, 0.1) is 23.4 Å². The van der Waals surface area contributed by atoms with Crippen LogP contribution in [0.1, 0.15) is 16.1 Å². The fraction of sp³-hybridized carbons (Fsp3) is 0.105. The van der Waals surface area contributed by atoms with Crippen LogP contribution in [0, 0.1) is 12.7 Å². The third-order valence-corrected chi connectivity index (χ3v) is 4.04. The van der Waals surface area contributed by atoms with E-state index in [4.69, 9.17) is 20.8 Å². The number of methoxy groups -OCH3 is 1. The van der Waals surface area contributed by atoms with Gasteiger partial charge in [0, 0.05) is 11.6 Å². The first-order valence-electron chi connectivity index (χ1n) is 7.49. The number of carbonyl (C=O) groups excluding carboxylic acids is 1. The van der Waals surface area contributed by atoms with E-state index >= 15 is 0 Å².